The number of halogens is 1. The maximum Gasteiger partial charge on any atom is 0.156 e. The summed E-state index contributed by atoms with van der Waals surface area (Å²) in [5.74, 6) is 0.888. The minimum Gasteiger partial charge on any atom is -0.398 e. The van der Waals surface area contributed by atoms with Gasteiger partial charge in [-0.2, -0.15) is 0 Å². The molecule has 2 aromatic rings. The van der Waals surface area contributed by atoms with Gasteiger partial charge < -0.3 is 20.5 Å². The molecule has 0 aliphatic carbocycles. The number of benzene rings is 1. The highest BCUT2D eigenvalue weighted by Crippen LogP contribution is 2.28. The van der Waals surface area contributed by atoms with Crippen LogP contribution in [0.25, 0.3) is 5.70 Å². The topological polar surface area (TPSA) is 59.1 Å². The van der Waals surface area contributed by atoms with Gasteiger partial charge in [0.1, 0.15) is 0 Å². The zero-order chi connectivity index (χ0) is 15.9. The van der Waals surface area contributed by atoms with Gasteiger partial charge in [-0.25, -0.2) is 4.98 Å². The van der Waals surface area contributed by atoms with Crippen molar-refractivity contribution in [3.05, 3.63) is 45.6 Å². The van der Waals surface area contributed by atoms with Gasteiger partial charge >= 0.3 is 0 Å². The minimum absolute atomic E-state index is 0.763. The zero-order valence-corrected chi connectivity index (χ0v) is 15.0. The predicted molar refractivity (Wildman–Crippen MR) is 99.5 cm³/mol. The van der Waals surface area contributed by atoms with Gasteiger partial charge in [-0.05, 0) is 41.8 Å². The van der Waals surface area contributed by atoms with Crippen LogP contribution in [0, 0.1) is 3.57 Å². The van der Waals surface area contributed by atoms with E-state index in [9.17, 15) is 0 Å². The molecular weight excluding hydrogens is 389 g/mol. The van der Waals surface area contributed by atoms with Gasteiger partial charge in [0.25, 0.3) is 0 Å². The summed E-state index contributed by atoms with van der Waals surface area (Å²) in [7, 11) is 4.18. The van der Waals surface area contributed by atoms with E-state index in [0.29, 0.717) is 0 Å². The highest BCUT2D eigenvalue weighted by molar-refractivity contribution is 14.1. The molecule has 0 fully saturated rings. The lowest BCUT2D eigenvalue weighted by molar-refractivity contribution is 0.305. The van der Waals surface area contributed by atoms with Crippen molar-refractivity contribution in [2.45, 2.75) is 13.0 Å². The van der Waals surface area contributed by atoms with Crippen LogP contribution < -0.4 is 11.1 Å². The largest absolute Gasteiger partial charge is 0.398 e. The van der Waals surface area contributed by atoms with Crippen LogP contribution in [0.3, 0.4) is 0 Å². The second-order valence-corrected chi connectivity index (χ2v) is 6.77. The average Bonchev–Trinajstić information content (AvgIpc) is 2.80. The normalized spacial score (nSPS) is 14.7. The number of likely N-dealkylation sites (N-methyl/N-ethyl adjacent to an activating group) is 1. The number of aromatic nitrogens is 2. The molecule has 1 aromatic carbocycles. The SMILES string of the molecule is C=C(Nc1cccc(N)c1I)c1nc2c(n1C)CCN(C)C2. The van der Waals surface area contributed by atoms with Crippen LogP contribution in [0.5, 0.6) is 0 Å². The Morgan fingerprint density at radius 3 is 2.95 bits per heavy atom. The fourth-order valence-electron chi connectivity index (χ4n) is 2.79. The molecule has 0 spiro atoms. The van der Waals surface area contributed by atoms with Gasteiger partial charge in [0.15, 0.2) is 5.82 Å². The summed E-state index contributed by atoms with van der Waals surface area (Å²) in [4.78, 5) is 7.06. The zero-order valence-electron chi connectivity index (χ0n) is 12.9. The Hall–Kier alpha value is -1.54. The van der Waals surface area contributed by atoms with Crippen LogP contribution in [-0.4, -0.2) is 28.0 Å². The Balaban J connectivity index is 1.88. The Morgan fingerprint density at radius 1 is 1.41 bits per heavy atom. The standard InChI is InChI=1S/C16H20IN5/c1-10(19-12-6-4-5-11(18)15(12)17)16-20-13-9-21(2)8-7-14(13)22(16)3/h4-6,19H,1,7-9,18H2,2-3H3. The smallest absolute Gasteiger partial charge is 0.156 e. The number of imidazole rings is 1. The highest BCUT2D eigenvalue weighted by atomic mass is 127. The van der Waals surface area contributed by atoms with Crippen LogP contribution in [0.2, 0.25) is 0 Å². The molecule has 1 aromatic heterocycles. The second-order valence-electron chi connectivity index (χ2n) is 5.69. The molecule has 22 heavy (non-hydrogen) atoms. The van der Waals surface area contributed by atoms with Crippen LogP contribution in [0.1, 0.15) is 17.2 Å². The first kappa shape index (κ1) is 15.4. The molecule has 3 rings (SSSR count). The third kappa shape index (κ3) is 2.72. The fraction of sp³-hybridized carbons (Fsp3) is 0.312. The summed E-state index contributed by atoms with van der Waals surface area (Å²) in [6.45, 7) is 6.13. The first-order valence-electron chi connectivity index (χ1n) is 7.20. The van der Waals surface area contributed by atoms with Crippen molar-refractivity contribution in [3.63, 3.8) is 0 Å². The van der Waals surface area contributed by atoms with Crippen molar-refractivity contribution in [2.24, 2.45) is 7.05 Å². The summed E-state index contributed by atoms with van der Waals surface area (Å²) >= 11 is 2.24. The predicted octanol–water partition coefficient (Wildman–Crippen LogP) is 2.68. The Labute approximate surface area is 144 Å². The number of nitrogens with zero attached hydrogens (tertiary/aromatic N) is 3. The Kier molecular flexibility index (Phi) is 4.14. The molecule has 0 saturated heterocycles. The number of nitrogens with two attached hydrogens (primary N) is 1. The monoisotopic (exact) mass is 409 g/mol. The van der Waals surface area contributed by atoms with E-state index in [1.807, 2.05) is 18.2 Å². The van der Waals surface area contributed by atoms with Crippen LogP contribution in [0.4, 0.5) is 11.4 Å². The van der Waals surface area contributed by atoms with E-state index in [1.54, 1.807) is 0 Å². The number of anilines is 2. The van der Waals surface area contributed by atoms with E-state index in [2.05, 4.69) is 58.0 Å². The van der Waals surface area contributed by atoms with E-state index >= 15 is 0 Å². The molecule has 6 heteroatoms. The molecule has 1 aliphatic heterocycles. The number of nitrogen functional groups attached to an aromatic ring is 1. The number of nitrogens with one attached hydrogen (secondary N) is 1. The molecule has 0 bridgehead atoms. The third-order valence-electron chi connectivity index (χ3n) is 4.03. The summed E-state index contributed by atoms with van der Waals surface area (Å²) in [5, 5.41) is 3.35. The number of rotatable bonds is 3. The van der Waals surface area contributed by atoms with Crippen LogP contribution in [-0.2, 0) is 20.0 Å². The maximum atomic E-state index is 5.96. The van der Waals surface area contributed by atoms with Crippen LogP contribution in [0.15, 0.2) is 24.8 Å². The van der Waals surface area contributed by atoms with E-state index in [1.165, 1.54) is 5.69 Å². The molecule has 5 nitrogen and oxygen atoms in total. The number of hydrogen-bond acceptors (Lipinski definition) is 4. The molecule has 0 radical (unpaired) electrons. The van der Waals surface area contributed by atoms with E-state index in [-0.39, 0.29) is 0 Å². The lowest BCUT2D eigenvalue weighted by Crippen LogP contribution is -2.27. The van der Waals surface area contributed by atoms with Gasteiger partial charge in [0.2, 0.25) is 0 Å². The van der Waals surface area contributed by atoms with Gasteiger partial charge in [0.05, 0.1) is 20.6 Å². The molecule has 2 heterocycles. The summed E-state index contributed by atoms with van der Waals surface area (Å²) in [5.41, 5.74) is 10.9. The van der Waals surface area contributed by atoms with E-state index in [4.69, 9.17) is 10.7 Å². The molecule has 3 N–H and O–H groups in total. The second kappa shape index (κ2) is 5.92. The molecule has 0 amide bonds. The highest BCUT2D eigenvalue weighted by Gasteiger charge is 2.21. The first-order chi connectivity index (χ1) is 10.5. The lowest BCUT2D eigenvalue weighted by Gasteiger charge is -2.21. The van der Waals surface area contributed by atoms with Crippen molar-refractivity contribution < 1.29 is 0 Å². The molecular formula is C16H20IN5. The van der Waals surface area contributed by atoms with E-state index in [0.717, 1.165) is 51.7 Å². The Morgan fingerprint density at radius 2 is 2.18 bits per heavy atom. The molecule has 116 valence electrons. The van der Waals surface area contributed by atoms with Crippen molar-refractivity contribution in [1.82, 2.24) is 14.5 Å². The van der Waals surface area contributed by atoms with Gasteiger partial charge in [0, 0.05) is 37.9 Å². The average molecular weight is 409 g/mol. The maximum absolute atomic E-state index is 5.96. The molecule has 0 atom stereocenters. The molecule has 0 unspecified atom stereocenters. The summed E-state index contributed by atoms with van der Waals surface area (Å²) in [6.07, 6.45) is 1.03. The minimum atomic E-state index is 0.763. The van der Waals surface area contributed by atoms with Gasteiger partial charge in [-0.15, -0.1) is 0 Å². The Bertz CT molecular complexity index is 734. The lowest BCUT2D eigenvalue weighted by atomic mass is 10.1. The van der Waals surface area contributed by atoms with Crippen molar-refractivity contribution in [1.29, 1.82) is 0 Å². The molecule has 1 aliphatic rings. The quantitative estimate of drug-likeness (QED) is 0.605. The summed E-state index contributed by atoms with van der Waals surface area (Å²) < 4.78 is 3.15. The summed E-state index contributed by atoms with van der Waals surface area (Å²) in [6, 6.07) is 5.83. The molecule has 0 saturated carbocycles. The van der Waals surface area contributed by atoms with Crippen molar-refractivity contribution in [2.75, 3.05) is 24.6 Å². The van der Waals surface area contributed by atoms with Crippen molar-refractivity contribution >= 4 is 39.7 Å². The van der Waals surface area contributed by atoms with Crippen molar-refractivity contribution in [3.8, 4) is 0 Å². The third-order valence-corrected chi connectivity index (χ3v) is 5.23. The van der Waals surface area contributed by atoms with Gasteiger partial charge in [-0.3, -0.25) is 0 Å². The number of hydrogen-bond donors (Lipinski definition) is 2. The van der Waals surface area contributed by atoms with Crippen LogP contribution >= 0.6 is 22.6 Å². The van der Waals surface area contributed by atoms with E-state index < -0.39 is 0 Å². The first-order valence-corrected chi connectivity index (χ1v) is 8.28. The fourth-order valence-corrected chi connectivity index (χ4v) is 3.29. The van der Waals surface area contributed by atoms with Gasteiger partial charge in [-0.1, -0.05) is 12.6 Å². The number of fused-ring (bicyclic) bond motifs is 1.